The Morgan fingerprint density at radius 2 is 1.90 bits per heavy atom. The summed E-state index contributed by atoms with van der Waals surface area (Å²) in [7, 11) is 0. The van der Waals surface area contributed by atoms with Gasteiger partial charge < -0.3 is 5.73 Å². The van der Waals surface area contributed by atoms with Gasteiger partial charge >= 0.3 is 6.18 Å². The van der Waals surface area contributed by atoms with Crippen molar-refractivity contribution in [2.75, 3.05) is 5.73 Å². The predicted octanol–water partition coefficient (Wildman–Crippen LogP) is 6.74. The summed E-state index contributed by atoms with van der Waals surface area (Å²) in [6.45, 7) is 10.1. The molecular formula is C22H34F3N5. The van der Waals surface area contributed by atoms with Gasteiger partial charge in [-0.15, -0.1) is 0 Å². The molecule has 0 aromatic carbocycles. The maximum atomic E-state index is 12.7. The van der Waals surface area contributed by atoms with E-state index in [0.29, 0.717) is 17.2 Å². The second-order valence-electron chi connectivity index (χ2n) is 7.17. The van der Waals surface area contributed by atoms with Crippen LogP contribution in [-0.4, -0.2) is 14.8 Å². The van der Waals surface area contributed by atoms with Gasteiger partial charge in [-0.1, -0.05) is 28.2 Å². The van der Waals surface area contributed by atoms with E-state index in [1.54, 1.807) is 16.9 Å². The molecule has 0 bridgehead atoms. The molecule has 2 aromatic rings. The van der Waals surface area contributed by atoms with Gasteiger partial charge in [0.2, 0.25) is 0 Å². The number of aromatic nitrogens is 3. The fourth-order valence-electron chi connectivity index (χ4n) is 2.95. The second kappa shape index (κ2) is 12.2. The quantitative estimate of drug-likeness (QED) is 0.578. The number of anilines is 1. The average Bonchev–Trinajstić information content (AvgIpc) is 3.32. The molecule has 1 aliphatic rings. The number of nitrogens with two attached hydrogens (primary N) is 1. The van der Waals surface area contributed by atoms with Crippen LogP contribution in [0.3, 0.4) is 0 Å². The molecule has 2 heterocycles. The number of hydrogen-bond acceptors (Lipinski definition) is 4. The van der Waals surface area contributed by atoms with Crippen molar-refractivity contribution in [3.8, 4) is 17.3 Å². The summed E-state index contributed by atoms with van der Waals surface area (Å²) in [4.78, 5) is 3.58. The summed E-state index contributed by atoms with van der Waals surface area (Å²) in [6, 6.07) is 5.04. The Labute approximate surface area is 178 Å². The molecule has 8 heteroatoms. The van der Waals surface area contributed by atoms with Crippen LogP contribution in [0.4, 0.5) is 19.0 Å². The fraction of sp³-hybridized carbons (Fsp3) is 0.591. The molecule has 2 unspecified atom stereocenters. The van der Waals surface area contributed by atoms with Crippen LogP contribution in [0, 0.1) is 23.2 Å². The smallest absolute Gasteiger partial charge is 0.383 e. The van der Waals surface area contributed by atoms with Crippen molar-refractivity contribution < 1.29 is 13.2 Å². The Balaban J connectivity index is 0.000000643. The number of halogens is 3. The molecule has 30 heavy (non-hydrogen) atoms. The van der Waals surface area contributed by atoms with Crippen molar-refractivity contribution in [1.82, 2.24) is 14.8 Å². The molecule has 1 saturated carbocycles. The van der Waals surface area contributed by atoms with Crippen LogP contribution in [0.1, 0.15) is 72.9 Å². The topological polar surface area (TPSA) is 80.5 Å². The van der Waals surface area contributed by atoms with Crippen molar-refractivity contribution in [2.24, 2.45) is 11.8 Å². The van der Waals surface area contributed by atoms with E-state index in [1.165, 1.54) is 12.6 Å². The van der Waals surface area contributed by atoms with E-state index < -0.39 is 17.6 Å². The normalized spacial score (nSPS) is 17.7. The Morgan fingerprint density at radius 3 is 2.30 bits per heavy atom. The first-order valence-corrected chi connectivity index (χ1v) is 9.89. The van der Waals surface area contributed by atoms with Crippen LogP contribution in [-0.2, 0) is 6.18 Å². The standard InChI is InChI=1S/C12H13F3N4.C7H11N.C2H6.CH4/c1-7(2)19-4-3-10(18-19)8-5-9(12(13,14)15)11(16)17-6-8;1-6-2-3-7(4-6)5-8;1-2;/h3-7H,1-2H3,(H2,16,17);6-7H,2-4H2,1H3;1-2H3;1H4. The first-order chi connectivity index (χ1) is 13.6. The van der Waals surface area contributed by atoms with E-state index in [-0.39, 0.29) is 13.5 Å². The Hall–Kier alpha value is -2.56. The summed E-state index contributed by atoms with van der Waals surface area (Å²) < 4.78 is 39.9. The van der Waals surface area contributed by atoms with Crippen molar-refractivity contribution in [2.45, 2.75) is 73.5 Å². The van der Waals surface area contributed by atoms with Gasteiger partial charge in [0.25, 0.3) is 0 Å². The van der Waals surface area contributed by atoms with Gasteiger partial charge in [0.1, 0.15) is 5.82 Å². The molecule has 5 nitrogen and oxygen atoms in total. The molecular weight excluding hydrogens is 391 g/mol. The third-order valence-corrected chi connectivity index (χ3v) is 4.53. The molecule has 2 N–H and O–H groups in total. The van der Waals surface area contributed by atoms with E-state index in [1.807, 2.05) is 27.7 Å². The summed E-state index contributed by atoms with van der Waals surface area (Å²) in [5, 5.41) is 12.6. The zero-order valence-corrected chi connectivity index (χ0v) is 17.7. The lowest BCUT2D eigenvalue weighted by atomic mass is 10.1. The first-order valence-electron chi connectivity index (χ1n) is 9.89. The van der Waals surface area contributed by atoms with Crippen molar-refractivity contribution in [1.29, 1.82) is 5.26 Å². The highest BCUT2D eigenvalue weighted by Crippen LogP contribution is 2.34. The van der Waals surface area contributed by atoms with Gasteiger partial charge in [-0.25, -0.2) is 4.98 Å². The number of hydrogen-bond donors (Lipinski definition) is 1. The molecule has 0 amide bonds. The molecule has 168 valence electrons. The number of pyridine rings is 1. The molecule has 0 spiro atoms. The number of nitriles is 1. The highest BCUT2D eigenvalue weighted by Gasteiger charge is 2.34. The Kier molecular flexibility index (Phi) is 11.2. The molecule has 0 saturated heterocycles. The summed E-state index contributed by atoms with van der Waals surface area (Å²) >= 11 is 0. The predicted molar refractivity (Wildman–Crippen MR) is 115 cm³/mol. The highest BCUT2D eigenvalue weighted by atomic mass is 19.4. The Morgan fingerprint density at radius 1 is 1.27 bits per heavy atom. The van der Waals surface area contributed by atoms with Crippen molar-refractivity contribution in [3.05, 3.63) is 30.1 Å². The van der Waals surface area contributed by atoms with Gasteiger partial charge in [-0.05, 0) is 51.2 Å². The zero-order valence-electron chi connectivity index (χ0n) is 17.7. The molecule has 1 fully saturated rings. The monoisotopic (exact) mass is 425 g/mol. The van der Waals surface area contributed by atoms with Gasteiger partial charge in [0.05, 0.1) is 17.3 Å². The molecule has 1 aliphatic carbocycles. The lowest BCUT2D eigenvalue weighted by molar-refractivity contribution is -0.137. The minimum atomic E-state index is -4.52. The summed E-state index contributed by atoms with van der Waals surface area (Å²) in [6.07, 6.45) is 2.02. The minimum Gasteiger partial charge on any atom is -0.383 e. The fourth-order valence-corrected chi connectivity index (χ4v) is 2.95. The number of nitrogens with zero attached hydrogens (tertiary/aromatic N) is 4. The molecule has 0 radical (unpaired) electrons. The van der Waals surface area contributed by atoms with Crippen LogP contribution < -0.4 is 5.73 Å². The van der Waals surface area contributed by atoms with Crippen LogP contribution in [0.25, 0.3) is 11.3 Å². The third-order valence-electron chi connectivity index (χ3n) is 4.53. The molecule has 3 rings (SSSR count). The van der Waals surface area contributed by atoms with E-state index in [2.05, 4.69) is 23.1 Å². The minimum absolute atomic E-state index is 0. The largest absolute Gasteiger partial charge is 0.419 e. The van der Waals surface area contributed by atoms with Gasteiger partial charge in [-0.3, -0.25) is 4.68 Å². The zero-order chi connectivity index (χ0) is 22.2. The highest BCUT2D eigenvalue weighted by molar-refractivity contribution is 5.61. The van der Waals surface area contributed by atoms with E-state index in [9.17, 15) is 13.2 Å². The number of rotatable bonds is 2. The summed E-state index contributed by atoms with van der Waals surface area (Å²) in [5.74, 6) is 0.657. The van der Waals surface area contributed by atoms with E-state index in [4.69, 9.17) is 11.0 Å². The van der Waals surface area contributed by atoms with Crippen LogP contribution in [0.15, 0.2) is 24.5 Å². The molecule has 2 aromatic heterocycles. The number of alkyl halides is 3. The number of nitrogen functional groups attached to an aromatic ring is 1. The van der Waals surface area contributed by atoms with Crippen LogP contribution >= 0.6 is 0 Å². The SMILES string of the molecule is C.CC.CC(C)n1ccc(-c2cnc(N)c(C(F)(F)F)c2)n1.CC1CCC(C#N)C1. The van der Waals surface area contributed by atoms with E-state index in [0.717, 1.165) is 24.8 Å². The molecule has 0 aliphatic heterocycles. The van der Waals surface area contributed by atoms with E-state index >= 15 is 0 Å². The van der Waals surface area contributed by atoms with Crippen LogP contribution in [0.5, 0.6) is 0 Å². The van der Waals surface area contributed by atoms with Gasteiger partial charge in [0.15, 0.2) is 0 Å². The molecule has 2 atom stereocenters. The van der Waals surface area contributed by atoms with Crippen molar-refractivity contribution >= 4 is 5.82 Å². The average molecular weight is 426 g/mol. The Bertz CT molecular complexity index is 806. The van der Waals surface area contributed by atoms with Crippen LogP contribution in [0.2, 0.25) is 0 Å². The van der Waals surface area contributed by atoms with Gasteiger partial charge in [0, 0.05) is 29.9 Å². The lowest BCUT2D eigenvalue weighted by Gasteiger charge is -2.10. The lowest BCUT2D eigenvalue weighted by Crippen LogP contribution is -2.10. The summed E-state index contributed by atoms with van der Waals surface area (Å²) in [5.41, 5.74) is 5.04. The van der Waals surface area contributed by atoms with Gasteiger partial charge in [-0.2, -0.15) is 23.5 Å². The second-order valence-corrected chi connectivity index (χ2v) is 7.17. The first kappa shape index (κ1) is 27.4. The maximum absolute atomic E-state index is 12.7. The third kappa shape index (κ3) is 7.69. The maximum Gasteiger partial charge on any atom is 0.419 e. The van der Waals surface area contributed by atoms with Crippen molar-refractivity contribution in [3.63, 3.8) is 0 Å².